The van der Waals surface area contributed by atoms with E-state index in [4.69, 9.17) is 0 Å². The lowest BCUT2D eigenvalue weighted by molar-refractivity contribution is 0.859. The number of aryl methyl sites for hydroxylation is 2. The molecule has 0 aromatic heterocycles. The van der Waals surface area contributed by atoms with E-state index in [-0.39, 0.29) is 0 Å². The highest BCUT2D eigenvalue weighted by atomic mass is 32.3. The molecule has 3 aliphatic rings. The van der Waals surface area contributed by atoms with E-state index in [1.165, 1.54) is 11.1 Å². The average Bonchev–Trinajstić information content (AvgIpc) is 3.38. The number of para-hydroxylation sites is 2. The van der Waals surface area contributed by atoms with Crippen LogP contribution < -0.4 is 14.1 Å². The van der Waals surface area contributed by atoms with Gasteiger partial charge in [0, 0.05) is 33.9 Å². The standard InChI is InChI=1S/C62H48FN3S/c1-43-38-56-55-35-30-50(47-22-12-5-13-23-47)41-58(55)66(53-32-28-48(29-33-53)45-18-8-3-9-19-45)67(63)61-37-34-54(64(51-24-14-6-15-25-51)52-26-16-7-17-27-52)42-59(61)65(60(39-43)62(56)67)57-36-31-49(40-44(57)2)46-20-10-4-11-21-46/h3,5-10,12-42H,4,11H2,1-2H3. The van der Waals surface area contributed by atoms with Crippen molar-refractivity contribution in [2.45, 2.75) is 36.5 Å². The van der Waals surface area contributed by atoms with E-state index in [1.54, 1.807) is 0 Å². The number of rotatable bonds is 8. The van der Waals surface area contributed by atoms with Gasteiger partial charge >= 0.3 is 0 Å². The summed E-state index contributed by atoms with van der Waals surface area (Å²) in [4.78, 5) is 6.00. The molecule has 2 heterocycles. The van der Waals surface area contributed by atoms with Gasteiger partial charge in [-0.05, 0) is 156 Å². The largest absolute Gasteiger partial charge is 0.310 e. The van der Waals surface area contributed by atoms with Crippen molar-refractivity contribution in [3.8, 4) is 33.4 Å². The predicted molar refractivity (Wildman–Crippen MR) is 282 cm³/mol. The first-order chi connectivity index (χ1) is 32.9. The van der Waals surface area contributed by atoms with Gasteiger partial charge in [-0.15, -0.1) is 0 Å². The van der Waals surface area contributed by atoms with Crippen molar-refractivity contribution >= 4 is 61.7 Å². The third-order valence-corrected chi connectivity index (χ3v) is 16.1. The second-order valence-electron chi connectivity index (χ2n) is 17.6. The zero-order chi connectivity index (χ0) is 45.1. The molecule has 324 valence electrons. The maximum Gasteiger partial charge on any atom is 0.0731 e. The van der Waals surface area contributed by atoms with Crippen molar-refractivity contribution in [2.24, 2.45) is 0 Å². The van der Waals surface area contributed by atoms with Crippen LogP contribution in [-0.2, 0) is 0 Å². The summed E-state index contributed by atoms with van der Waals surface area (Å²) in [6.07, 6.45) is 8.92. The van der Waals surface area contributed by atoms with Crippen molar-refractivity contribution in [1.29, 1.82) is 0 Å². The number of hydrogen-bond donors (Lipinski definition) is 0. The van der Waals surface area contributed by atoms with Gasteiger partial charge in [-0.25, -0.2) is 0 Å². The fourth-order valence-electron chi connectivity index (χ4n) is 10.2. The molecule has 0 amide bonds. The number of nitrogens with zero attached hydrogens (tertiary/aromatic N) is 3. The molecule has 0 saturated heterocycles. The number of allylic oxidation sites excluding steroid dienone is 4. The Bertz CT molecular complexity index is 3350. The van der Waals surface area contributed by atoms with Crippen molar-refractivity contribution in [2.75, 3.05) is 14.1 Å². The minimum Gasteiger partial charge on any atom is -0.310 e. The SMILES string of the molecule is Cc1cc2c3c(c1)N(c1ccc(C4=CCCC=C4)cc1C)c1cc(N(c4ccccc4)c4ccccc4)ccc1S3(F)N(c1ccc(-c3ccccc3)cc1)c1cc(-c3ccccc3)ccc1-2. The lowest BCUT2D eigenvalue weighted by Crippen LogP contribution is -2.31. The molecular weight excluding hydrogens is 838 g/mol. The molecule has 0 N–H and O–H groups in total. The van der Waals surface area contributed by atoms with Gasteiger partial charge in [0.1, 0.15) is 0 Å². The van der Waals surface area contributed by atoms with Gasteiger partial charge in [0.25, 0.3) is 0 Å². The molecule has 0 bridgehead atoms. The molecule has 0 fully saturated rings. The van der Waals surface area contributed by atoms with Crippen LogP contribution in [0.5, 0.6) is 0 Å². The molecule has 0 spiro atoms. The summed E-state index contributed by atoms with van der Waals surface area (Å²) in [5, 5.41) is 0. The summed E-state index contributed by atoms with van der Waals surface area (Å²) in [6.45, 7) is 4.34. The van der Waals surface area contributed by atoms with Crippen molar-refractivity contribution < 1.29 is 3.89 Å². The molecule has 5 heteroatoms. The topological polar surface area (TPSA) is 9.72 Å². The number of hydrogen-bond acceptors (Lipinski definition) is 3. The Morgan fingerprint density at radius 1 is 0.463 bits per heavy atom. The smallest absolute Gasteiger partial charge is 0.0731 e. The third-order valence-electron chi connectivity index (χ3n) is 13.3. The monoisotopic (exact) mass is 885 g/mol. The molecule has 9 aromatic carbocycles. The first kappa shape index (κ1) is 40.6. The van der Waals surface area contributed by atoms with Gasteiger partial charge in [0.2, 0.25) is 0 Å². The Labute approximate surface area is 394 Å². The Hall–Kier alpha value is -7.86. The van der Waals surface area contributed by atoms with E-state index in [2.05, 4.69) is 234 Å². The Morgan fingerprint density at radius 3 is 1.72 bits per heavy atom. The summed E-state index contributed by atoms with van der Waals surface area (Å²) >= 11 is 0. The van der Waals surface area contributed by atoms with Gasteiger partial charge in [-0.2, -0.15) is 3.89 Å². The fraction of sp³-hybridized carbons (Fsp3) is 0.0645. The molecule has 1 aliphatic carbocycles. The second-order valence-corrected chi connectivity index (χ2v) is 19.8. The van der Waals surface area contributed by atoms with Gasteiger partial charge in [0.15, 0.2) is 0 Å². The zero-order valence-electron chi connectivity index (χ0n) is 37.5. The van der Waals surface area contributed by atoms with Gasteiger partial charge in [0.05, 0.1) is 43.1 Å². The summed E-state index contributed by atoms with van der Waals surface area (Å²) in [5.41, 5.74) is 18.2. The van der Waals surface area contributed by atoms with Crippen LogP contribution in [-0.4, -0.2) is 0 Å². The van der Waals surface area contributed by atoms with E-state index in [0.29, 0.717) is 4.90 Å². The lowest BCUT2D eigenvalue weighted by Gasteiger charge is -2.53. The van der Waals surface area contributed by atoms with E-state index in [0.717, 1.165) is 108 Å². The molecule has 67 heavy (non-hydrogen) atoms. The minimum absolute atomic E-state index is 0.652. The molecule has 0 saturated carbocycles. The van der Waals surface area contributed by atoms with Gasteiger partial charge in [-0.3, -0.25) is 4.31 Å². The Morgan fingerprint density at radius 2 is 1.07 bits per heavy atom. The van der Waals surface area contributed by atoms with Crippen LogP contribution in [0.15, 0.2) is 240 Å². The zero-order valence-corrected chi connectivity index (χ0v) is 38.3. The molecule has 0 radical (unpaired) electrons. The number of anilines is 8. The minimum atomic E-state index is -3.54. The summed E-state index contributed by atoms with van der Waals surface area (Å²) < 4.78 is 22.8. The predicted octanol–water partition coefficient (Wildman–Crippen LogP) is 18.5. The maximum absolute atomic E-state index is 20.7. The molecule has 1 atom stereocenters. The second kappa shape index (κ2) is 16.5. The highest BCUT2D eigenvalue weighted by molar-refractivity contribution is 8.31. The van der Waals surface area contributed by atoms with Crippen molar-refractivity contribution in [3.63, 3.8) is 0 Å². The first-order valence-corrected chi connectivity index (χ1v) is 24.6. The van der Waals surface area contributed by atoms with Crippen LogP contribution in [0.2, 0.25) is 0 Å². The van der Waals surface area contributed by atoms with Crippen LogP contribution in [0.3, 0.4) is 0 Å². The van der Waals surface area contributed by atoms with E-state index in [9.17, 15) is 0 Å². The lowest BCUT2D eigenvalue weighted by atomic mass is 9.95. The first-order valence-electron chi connectivity index (χ1n) is 23.1. The van der Waals surface area contributed by atoms with Gasteiger partial charge < -0.3 is 9.80 Å². The highest BCUT2D eigenvalue weighted by Crippen LogP contribution is 2.81. The fourth-order valence-corrected chi connectivity index (χ4v) is 13.2. The Balaban J connectivity index is 1.15. The number of halogens is 1. The van der Waals surface area contributed by atoms with Crippen LogP contribution >= 0.6 is 10.6 Å². The average molecular weight is 886 g/mol. The molecule has 2 aliphatic heterocycles. The molecule has 1 unspecified atom stereocenters. The van der Waals surface area contributed by atoms with E-state index < -0.39 is 10.6 Å². The van der Waals surface area contributed by atoms with Gasteiger partial charge in [-0.1, -0.05) is 146 Å². The van der Waals surface area contributed by atoms with E-state index in [1.807, 2.05) is 24.3 Å². The normalized spacial score (nSPS) is 16.6. The van der Waals surface area contributed by atoms with E-state index >= 15 is 3.89 Å². The number of benzene rings is 9. The summed E-state index contributed by atoms with van der Waals surface area (Å²) in [7, 11) is -3.54. The number of fused-ring (bicyclic) bond motifs is 4. The third kappa shape index (κ3) is 6.88. The Kier molecular flexibility index (Phi) is 10.0. The summed E-state index contributed by atoms with van der Waals surface area (Å²) in [5.74, 6) is 0. The molecular formula is C62H48FN3S. The maximum atomic E-state index is 20.7. The summed E-state index contributed by atoms with van der Waals surface area (Å²) in [6, 6.07) is 74.5. The molecule has 12 rings (SSSR count). The van der Waals surface area contributed by atoms with Crippen LogP contribution in [0.1, 0.15) is 29.5 Å². The van der Waals surface area contributed by atoms with Crippen LogP contribution in [0.4, 0.5) is 49.4 Å². The van der Waals surface area contributed by atoms with Crippen LogP contribution in [0.25, 0.3) is 39.0 Å². The highest BCUT2D eigenvalue weighted by Gasteiger charge is 2.51. The quantitative estimate of drug-likeness (QED) is 0.151. The van der Waals surface area contributed by atoms with Crippen molar-refractivity contribution in [3.05, 3.63) is 247 Å². The molecule has 3 nitrogen and oxygen atoms in total. The van der Waals surface area contributed by atoms with Crippen LogP contribution in [0, 0.1) is 13.8 Å². The molecule has 9 aromatic rings. The van der Waals surface area contributed by atoms with Crippen molar-refractivity contribution in [1.82, 2.24) is 0 Å².